The Hall–Kier alpha value is -2.71. The lowest BCUT2D eigenvalue weighted by Crippen LogP contribution is -2.09. The molecule has 0 fully saturated rings. The number of nitrogens with zero attached hydrogens (tertiary/aromatic N) is 3. The monoisotopic (exact) mass is 385 g/mol. The van der Waals surface area contributed by atoms with Gasteiger partial charge in [0.2, 0.25) is 5.82 Å². The van der Waals surface area contributed by atoms with E-state index in [1.165, 1.54) is 11.3 Å². The summed E-state index contributed by atoms with van der Waals surface area (Å²) in [7, 11) is 0. The van der Waals surface area contributed by atoms with Crippen LogP contribution in [0.3, 0.4) is 0 Å². The van der Waals surface area contributed by atoms with Crippen molar-refractivity contribution in [2.45, 2.75) is 20.5 Å². The Labute approximate surface area is 157 Å². The number of aryl methyl sites for hydroxylation is 1. The van der Waals surface area contributed by atoms with Crippen LogP contribution >= 0.6 is 22.7 Å². The maximum Gasteiger partial charge on any atom is 0.341 e. The summed E-state index contributed by atoms with van der Waals surface area (Å²) in [5.41, 5.74) is 1.50. The minimum atomic E-state index is -0.397. The van der Waals surface area contributed by atoms with Crippen LogP contribution in [0.15, 0.2) is 46.6 Å². The molecule has 26 heavy (non-hydrogen) atoms. The Morgan fingerprint density at radius 1 is 1.27 bits per heavy atom. The van der Waals surface area contributed by atoms with Crippen molar-refractivity contribution >= 4 is 28.6 Å². The molecule has 0 aliphatic carbocycles. The number of ether oxygens (including phenoxy) is 1. The minimum absolute atomic E-state index is 0.0589. The average Bonchev–Trinajstić information content (AvgIpc) is 3.41. The molecule has 0 amide bonds. The molecular formula is C18H15N3O3S2. The van der Waals surface area contributed by atoms with Crippen molar-refractivity contribution in [2.75, 3.05) is 0 Å². The summed E-state index contributed by atoms with van der Waals surface area (Å²) in [6.07, 6.45) is 3.82. The van der Waals surface area contributed by atoms with Crippen molar-refractivity contribution in [3.63, 3.8) is 0 Å². The molecular weight excluding hydrogens is 370 g/mol. The summed E-state index contributed by atoms with van der Waals surface area (Å²) in [6.45, 7) is 3.86. The summed E-state index contributed by atoms with van der Waals surface area (Å²) < 4.78 is 12.5. The molecule has 4 aromatic rings. The van der Waals surface area contributed by atoms with E-state index in [1.807, 2.05) is 60.5 Å². The van der Waals surface area contributed by atoms with Crippen LogP contribution in [-0.2, 0) is 11.3 Å². The molecule has 0 spiro atoms. The van der Waals surface area contributed by atoms with Crippen LogP contribution in [0.4, 0.5) is 0 Å². The highest BCUT2D eigenvalue weighted by Gasteiger charge is 2.22. The fourth-order valence-electron chi connectivity index (χ4n) is 2.52. The van der Waals surface area contributed by atoms with Crippen molar-refractivity contribution in [3.05, 3.63) is 63.9 Å². The minimum Gasteiger partial charge on any atom is -0.452 e. The molecule has 0 unspecified atom stereocenters. The van der Waals surface area contributed by atoms with E-state index in [0.717, 1.165) is 20.3 Å². The molecule has 4 aromatic heterocycles. The van der Waals surface area contributed by atoms with Gasteiger partial charge in [0.1, 0.15) is 5.00 Å². The van der Waals surface area contributed by atoms with Gasteiger partial charge in [-0.25, -0.2) is 4.79 Å². The Morgan fingerprint density at radius 2 is 2.08 bits per heavy atom. The first-order valence-corrected chi connectivity index (χ1v) is 9.60. The van der Waals surface area contributed by atoms with Gasteiger partial charge in [-0.05, 0) is 43.0 Å². The molecule has 0 aliphatic heterocycles. The zero-order chi connectivity index (χ0) is 18.1. The number of rotatable bonds is 5. The first kappa shape index (κ1) is 16.7. The van der Waals surface area contributed by atoms with Crippen LogP contribution in [0.25, 0.3) is 15.7 Å². The molecule has 6 nitrogen and oxygen atoms in total. The number of thiophene rings is 2. The second-order valence-electron chi connectivity index (χ2n) is 5.62. The molecule has 0 aliphatic rings. The van der Waals surface area contributed by atoms with Crippen LogP contribution < -0.4 is 0 Å². The molecule has 0 bridgehead atoms. The maximum absolute atomic E-state index is 12.7. The van der Waals surface area contributed by atoms with Gasteiger partial charge in [-0.1, -0.05) is 11.2 Å². The van der Waals surface area contributed by atoms with E-state index in [9.17, 15) is 4.79 Å². The van der Waals surface area contributed by atoms with Crippen LogP contribution in [0.2, 0.25) is 0 Å². The number of hydrogen-bond donors (Lipinski definition) is 0. The molecule has 0 radical (unpaired) electrons. The fraction of sp³-hybridized carbons (Fsp3) is 0.167. The third-order valence-corrected chi connectivity index (χ3v) is 6.03. The molecule has 0 aromatic carbocycles. The van der Waals surface area contributed by atoms with Crippen molar-refractivity contribution in [1.82, 2.24) is 14.7 Å². The maximum atomic E-state index is 12.7. The van der Waals surface area contributed by atoms with Gasteiger partial charge in [-0.15, -0.1) is 22.7 Å². The van der Waals surface area contributed by atoms with Crippen molar-refractivity contribution in [2.24, 2.45) is 0 Å². The van der Waals surface area contributed by atoms with Gasteiger partial charge in [0.05, 0.1) is 10.4 Å². The first-order chi connectivity index (χ1) is 12.6. The number of esters is 1. The number of hydrogen-bond acceptors (Lipinski definition) is 7. The zero-order valence-electron chi connectivity index (χ0n) is 14.1. The third kappa shape index (κ3) is 3.09. The SMILES string of the molecule is Cc1sc(-n2cccc2)c(C(=O)OCc2nc(-c3cccs3)no2)c1C. The lowest BCUT2D eigenvalue weighted by atomic mass is 10.1. The van der Waals surface area contributed by atoms with Crippen molar-refractivity contribution < 1.29 is 14.1 Å². The van der Waals surface area contributed by atoms with Gasteiger partial charge in [0, 0.05) is 17.3 Å². The predicted octanol–water partition coefficient (Wildman–Crippen LogP) is 4.62. The van der Waals surface area contributed by atoms with Gasteiger partial charge in [-0.2, -0.15) is 4.98 Å². The van der Waals surface area contributed by atoms with Crippen LogP contribution in [0.1, 0.15) is 26.7 Å². The second-order valence-corrected chi connectivity index (χ2v) is 7.77. The summed E-state index contributed by atoms with van der Waals surface area (Å²) in [4.78, 5) is 18.9. The van der Waals surface area contributed by atoms with E-state index < -0.39 is 5.97 Å². The van der Waals surface area contributed by atoms with E-state index in [4.69, 9.17) is 9.26 Å². The molecule has 0 saturated carbocycles. The zero-order valence-corrected chi connectivity index (χ0v) is 15.8. The van der Waals surface area contributed by atoms with Gasteiger partial charge >= 0.3 is 5.97 Å². The smallest absolute Gasteiger partial charge is 0.341 e. The highest BCUT2D eigenvalue weighted by Crippen LogP contribution is 2.31. The van der Waals surface area contributed by atoms with Gasteiger partial charge < -0.3 is 13.8 Å². The Morgan fingerprint density at radius 3 is 2.81 bits per heavy atom. The van der Waals surface area contributed by atoms with E-state index in [0.29, 0.717) is 11.4 Å². The van der Waals surface area contributed by atoms with Gasteiger partial charge in [0.15, 0.2) is 6.61 Å². The Bertz CT molecular complexity index is 1030. The Kier molecular flexibility index (Phi) is 4.44. The summed E-state index contributed by atoms with van der Waals surface area (Å²) in [5, 5.41) is 6.71. The average molecular weight is 385 g/mol. The molecule has 0 saturated heterocycles. The van der Waals surface area contributed by atoms with Crippen LogP contribution in [0, 0.1) is 13.8 Å². The molecule has 0 N–H and O–H groups in total. The van der Waals surface area contributed by atoms with Crippen LogP contribution in [-0.4, -0.2) is 20.7 Å². The third-order valence-electron chi connectivity index (χ3n) is 3.95. The standard InChI is InChI=1S/C18H15N3O3S2/c1-11-12(2)26-17(21-7-3-4-8-21)15(11)18(22)23-10-14-19-16(20-24-14)13-6-5-9-25-13/h3-9H,10H2,1-2H3. The van der Waals surface area contributed by atoms with E-state index in [1.54, 1.807) is 11.3 Å². The highest BCUT2D eigenvalue weighted by molar-refractivity contribution is 7.15. The number of carbonyl (C=O) groups excluding carboxylic acids is 1. The van der Waals surface area contributed by atoms with Gasteiger partial charge in [-0.3, -0.25) is 0 Å². The number of aromatic nitrogens is 3. The van der Waals surface area contributed by atoms with Gasteiger partial charge in [0.25, 0.3) is 5.89 Å². The topological polar surface area (TPSA) is 70.2 Å². The second kappa shape index (κ2) is 6.89. The van der Waals surface area contributed by atoms with Crippen molar-refractivity contribution in [1.29, 1.82) is 0 Å². The summed E-state index contributed by atoms with van der Waals surface area (Å²) in [5.74, 6) is 0.377. The molecule has 4 rings (SSSR count). The van der Waals surface area contributed by atoms with Crippen LogP contribution in [0.5, 0.6) is 0 Å². The predicted molar refractivity (Wildman–Crippen MR) is 99.9 cm³/mol. The molecule has 8 heteroatoms. The quantitative estimate of drug-likeness (QED) is 0.469. The number of carbonyl (C=O) groups is 1. The highest BCUT2D eigenvalue weighted by atomic mass is 32.1. The largest absolute Gasteiger partial charge is 0.452 e. The summed E-state index contributed by atoms with van der Waals surface area (Å²) >= 11 is 3.08. The lowest BCUT2D eigenvalue weighted by Gasteiger charge is -2.06. The normalized spacial score (nSPS) is 11.0. The molecule has 4 heterocycles. The van der Waals surface area contributed by atoms with Crippen molar-refractivity contribution in [3.8, 4) is 15.7 Å². The van der Waals surface area contributed by atoms with E-state index in [-0.39, 0.29) is 12.5 Å². The summed E-state index contributed by atoms with van der Waals surface area (Å²) in [6, 6.07) is 7.67. The Balaban J connectivity index is 1.53. The lowest BCUT2D eigenvalue weighted by molar-refractivity contribution is 0.0429. The van der Waals surface area contributed by atoms with E-state index >= 15 is 0 Å². The first-order valence-electron chi connectivity index (χ1n) is 7.90. The molecule has 0 atom stereocenters. The fourth-order valence-corrected chi connectivity index (χ4v) is 4.28. The van der Waals surface area contributed by atoms with E-state index in [2.05, 4.69) is 10.1 Å². The molecule has 132 valence electrons.